The Balaban J connectivity index is 2.22. The number of carboxylic acid groups (broad SMARTS) is 1. The molecule has 0 aromatic carbocycles. The molecule has 6 nitrogen and oxygen atoms in total. The van der Waals surface area contributed by atoms with Gasteiger partial charge in [0, 0.05) is 6.04 Å². The Labute approximate surface area is 105 Å². The number of hydrogen-bond acceptors (Lipinski definition) is 4. The van der Waals surface area contributed by atoms with Crippen LogP contribution in [0.1, 0.15) is 26.2 Å². The lowest BCUT2D eigenvalue weighted by Crippen LogP contribution is -2.46. The monoisotopic (exact) mass is 273 g/mol. The third-order valence-electron chi connectivity index (χ3n) is 3.55. The Morgan fingerprint density at radius 1 is 1.61 bits per heavy atom. The van der Waals surface area contributed by atoms with Crippen LogP contribution < -0.4 is 4.72 Å². The molecule has 1 heterocycles. The van der Waals surface area contributed by atoms with Crippen molar-refractivity contribution in [3.05, 3.63) is 18.6 Å². The van der Waals surface area contributed by atoms with Crippen LogP contribution in [0.25, 0.3) is 0 Å². The second-order valence-corrected chi connectivity index (χ2v) is 6.46. The molecule has 2 atom stereocenters. The molecule has 18 heavy (non-hydrogen) atoms. The van der Waals surface area contributed by atoms with Gasteiger partial charge in [0.15, 0.2) is 0 Å². The average Bonchev–Trinajstić information content (AvgIpc) is 2.89. The lowest BCUT2D eigenvalue weighted by molar-refractivity contribution is -0.148. The van der Waals surface area contributed by atoms with Gasteiger partial charge in [0.1, 0.15) is 11.2 Å². The van der Waals surface area contributed by atoms with E-state index in [1.54, 1.807) is 6.92 Å². The summed E-state index contributed by atoms with van der Waals surface area (Å²) in [7, 11) is -3.71. The fourth-order valence-corrected chi connectivity index (χ4v) is 3.58. The molecule has 100 valence electrons. The number of carbonyl (C=O) groups is 1. The van der Waals surface area contributed by atoms with Crippen LogP contribution in [-0.4, -0.2) is 25.5 Å². The predicted octanol–water partition coefficient (Wildman–Crippen LogP) is 1.20. The fraction of sp³-hybridized carbons (Fsp3) is 0.545. The van der Waals surface area contributed by atoms with E-state index in [0.717, 1.165) is 6.26 Å². The molecule has 0 radical (unpaired) electrons. The molecule has 0 amide bonds. The summed E-state index contributed by atoms with van der Waals surface area (Å²) in [6, 6.07) is 0.741. The summed E-state index contributed by atoms with van der Waals surface area (Å²) in [4.78, 5) is 11.3. The molecule has 1 saturated carbocycles. The normalized spacial score (nSPS) is 28.4. The van der Waals surface area contributed by atoms with Crippen LogP contribution in [0.3, 0.4) is 0 Å². The lowest BCUT2D eigenvalue weighted by Gasteiger charge is -2.27. The number of carboxylic acids is 1. The first kappa shape index (κ1) is 13.1. The van der Waals surface area contributed by atoms with Crippen LogP contribution in [0, 0.1) is 5.41 Å². The first-order valence-corrected chi connectivity index (χ1v) is 7.12. The Hall–Kier alpha value is -1.34. The average molecular weight is 273 g/mol. The van der Waals surface area contributed by atoms with Crippen LogP contribution in [0.4, 0.5) is 0 Å². The summed E-state index contributed by atoms with van der Waals surface area (Å²) in [5, 5.41) is 9.22. The molecule has 0 saturated heterocycles. The van der Waals surface area contributed by atoms with Crippen LogP contribution in [0.2, 0.25) is 0 Å². The molecule has 0 aliphatic heterocycles. The van der Waals surface area contributed by atoms with E-state index in [-0.39, 0.29) is 4.90 Å². The second-order valence-electron chi connectivity index (χ2n) is 4.75. The van der Waals surface area contributed by atoms with E-state index >= 15 is 0 Å². The predicted molar refractivity (Wildman–Crippen MR) is 62.4 cm³/mol. The Morgan fingerprint density at radius 2 is 2.33 bits per heavy atom. The van der Waals surface area contributed by atoms with Gasteiger partial charge in [-0.2, -0.15) is 0 Å². The minimum Gasteiger partial charge on any atom is -0.481 e. The number of hydrogen-bond donors (Lipinski definition) is 2. The highest BCUT2D eigenvalue weighted by molar-refractivity contribution is 7.89. The lowest BCUT2D eigenvalue weighted by atomic mass is 9.85. The first-order valence-electron chi connectivity index (χ1n) is 5.64. The maximum absolute atomic E-state index is 12.0. The third kappa shape index (κ3) is 2.15. The van der Waals surface area contributed by atoms with E-state index in [0.29, 0.717) is 19.3 Å². The van der Waals surface area contributed by atoms with Crippen LogP contribution >= 0.6 is 0 Å². The largest absolute Gasteiger partial charge is 0.481 e. The van der Waals surface area contributed by atoms with Crippen molar-refractivity contribution in [3.63, 3.8) is 0 Å². The second kappa shape index (κ2) is 4.40. The van der Waals surface area contributed by atoms with Gasteiger partial charge >= 0.3 is 5.97 Å². The standard InChI is InChI=1S/C11H15NO5S/c1-11(10(13)14)5-2-3-9(11)12-18(15,16)8-4-6-17-7-8/h4,6-7,9,12H,2-3,5H2,1H3,(H,13,14). The molecule has 1 aliphatic carbocycles. The van der Waals surface area contributed by atoms with Gasteiger partial charge in [0.05, 0.1) is 11.7 Å². The zero-order valence-electron chi connectivity index (χ0n) is 9.92. The highest BCUT2D eigenvalue weighted by Crippen LogP contribution is 2.38. The minimum absolute atomic E-state index is 0.0159. The van der Waals surface area contributed by atoms with Crippen molar-refractivity contribution in [2.24, 2.45) is 5.41 Å². The maximum Gasteiger partial charge on any atom is 0.310 e. The van der Waals surface area contributed by atoms with E-state index in [2.05, 4.69) is 4.72 Å². The number of rotatable bonds is 4. The Morgan fingerprint density at radius 3 is 2.89 bits per heavy atom. The van der Waals surface area contributed by atoms with Crippen molar-refractivity contribution >= 4 is 16.0 Å². The zero-order chi connectivity index (χ0) is 13.4. The van der Waals surface area contributed by atoms with E-state index < -0.39 is 27.4 Å². The van der Waals surface area contributed by atoms with E-state index in [4.69, 9.17) is 4.42 Å². The van der Waals surface area contributed by atoms with Gasteiger partial charge in [-0.1, -0.05) is 6.42 Å². The van der Waals surface area contributed by atoms with E-state index in [1.807, 2.05) is 0 Å². The zero-order valence-corrected chi connectivity index (χ0v) is 10.7. The quantitative estimate of drug-likeness (QED) is 0.859. The van der Waals surface area contributed by atoms with Crippen LogP contribution in [0.5, 0.6) is 0 Å². The number of aliphatic carboxylic acids is 1. The molecule has 2 unspecified atom stereocenters. The van der Waals surface area contributed by atoms with Crippen LogP contribution in [-0.2, 0) is 14.8 Å². The number of sulfonamides is 1. The van der Waals surface area contributed by atoms with Crippen molar-refractivity contribution in [1.82, 2.24) is 4.72 Å². The van der Waals surface area contributed by atoms with Gasteiger partial charge in [0.25, 0.3) is 0 Å². The van der Waals surface area contributed by atoms with E-state index in [1.165, 1.54) is 12.3 Å². The van der Waals surface area contributed by atoms with Crippen molar-refractivity contribution in [3.8, 4) is 0 Å². The van der Waals surface area contributed by atoms with Gasteiger partial charge in [-0.25, -0.2) is 13.1 Å². The molecule has 2 N–H and O–H groups in total. The molecule has 1 aromatic heterocycles. The van der Waals surface area contributed by atoms with E-state index in [9.17, 15) is 18.3 Å². The fourth-order valence-electron chi connectivity index (χ4n) is 2.27. The SMILES string of the molecule is CC1(C(=O)O)CCCC1NS(=O)(=O)c1ccoc1. The molecular weight excluding hydrogens is 258 g/mol. The van der Waals surface area contributed by atoms with Gasteiger partial charge in [0.2, 0.25) is 10.0 Å². The highest BCUT2D eigenvalue weighted by atomic mass is 32.2. The topological polar surface area (TPSA) is 96.6 Å². The maximum atomic E-state index is 12.0. The molecular formula is C11H15NO5S. The third-order valence-corrected chi connectivity index (χ3v) is 5.00. The Bertz CT molecular complexity index is 536. The Kier molecular flexibility index (Phi) is 3.20. The summed E-state index contributed by atoms with van der Waals surface area (Å²) < 4.78 is 31.2. The summed E-state index contributed by atoms with van der Waals surface area (Å²) in [5.41, 5.74) is -1.04. The number of furan rings is 1. The molecule has 7 heteroatoms. The van der Waals surface area contributed by atoms with Crippen molar-refractivity contribution in [2.45, 2.75) is 37.1 Å². The molecule has 1 fully saturated rings. The summed E-state index contributed by atoms with van der Waals surface area (Å²) in [6.45, 7) is 1.57. The van der Waals surface area contributed by atoms with Crippen molar-refractivity contribution in [2.75, 3.05) is 0 Å². The van der Waals surface area contributed by atoms with Gasteiger partial charge in [-0.05, 0) is 25.8 Å². The summed E-state index contributed by atoms with van der Waals surface area (Å²) in [6.07, 6.45) is 4.08. The minimum atomic E-state index is -3.71. The molecule has 0 bridgehead atoms. The van der Waals surface area contributed by atoms with Crippen molar-refractivity contribution in [1.29, 1.82) is 0 Å². The molecule has 1 aromatic rings. The van der Waals surface area contributed by atoms with Gasteiger partial charge in [-0.3, -0.25) is 4.79 Å². The van der Waals surface area contributed by atoms with Crippen molar-refractivity contribution < 1.29 is 22.7 Å². The first-order chi connectivity index (χ1) is 8.36. The summed E-state index contributed by atoms with van der Waals surface area (Å²) in [5.74, 6) is -0.972. The molecule has 0 spiro atoms. The molecule has 2 rings (SSSR count). The highest BCUT2D eigenvalue weighted by Gasteiger charge is 2.46. The van der Waals surface area contributed by atoms with Gasteiger partial charge in [-0.15, -0.1) is 0 Å². The smallest absolute Gasteiger partial charge is 0.310 e. The molecule has 1 aliphatic rings. The summed E-state index contributed by atoms with van der Waals surface area (Å²) >= 11 is 0. The van der Waals surface area contributed by atoms with Gasteiger partial charge < -0.3 is 9.52 Å². The number of nitrogens with one attached hydrogen (secondary N) is 1. The van der Waals surface area contributed by atoms with Crippen LogP contribution in [0.15, 0.2) is 27.9 Å².